The summed E-state index contributed by atoms with van der Waals surface area (Å²) >= 11 is 0. The van der Waals surface area contributed by atoms with E-state index in [0.717, 1.165) is 16.2 Å². The first-order valence-corrected chi connectivity index (χ1v) is 5.67. The molecule has 0 unspecified atom stereocenters. The van der Waals surface area contributed by atoms with Crippen molar-refractivity contribution in [2.24, 2.45) is 0 Å². The molecule has 0 aliphatic carbocycles. The number of rotatable bonds is 0. The van der Waals surface area contributed by atoms with Gasteiger partial charge in [0.1, 0.15) is 0 Å². The summed E-state index contributed by atoms with van der Waals surface area (Å²) in [7, 11) is 0. The minimum atomic E-state index is 0.687. The summed E-state index contributed by atoms with van der Waals surface area (Å²) < 4.78 is 0. The Labute approximate surface area is 102 Å². The number of aromatic nitrogens is 4. The Morgan fingerprint density at radius 1 is 0.611 bits per heavy atom. The molecule has 0 amide bonds. The Kier molecular flexibility index (Phi) is 1.80. The van der Waals surface area contributed by atoms with E-state index in [1.165, 1.54) is 0 Å². The van der Waals surface area contributed by atoms with E-state index in [9.17, 15) is 0 Å². The molecule has 0 saturated heterocycles. The predicted molar refractivity (Wildman–Crippen MR) is 70.1 cm³/mol. The van der Waals surface area contributed by atoms with Crippen molar-refractivity contribution in [3.8, 4) is 0 Å². The van der Waals surface area contributed by atoms with Crippen LogP contribution in [0.5, 0.6) is 0 Å². The van der Waals surface area contributed by atoms with E-state index in [0.29, 0.717) is 16.9 Å². The fourth-order valence-corrected chi connectivity index (χ4v) is 2.09. The van der Waals surface area contributed by atoms with Gasteiger partial charge in [-0.2, -0.15) is 0 Å². The van der Waals surface area contributed by atoms with Crippen molar-refractivity contribution in [2.75, 3.05) is 0 Å². The molecule has 4 rings (SSSR count). The molecular weight excluding hydrogens is 224 g/mol. The Morgan fingerprint density at radius 2 is 1.17 bits per heavy atom. The summed E-state index contributed by atoms with van der Waals surface area (Å²) in [5.41, 5.74) is 2.12. The van der Waals surface area contributed by atoms with Crippen LogP contribution in [0.1, 0.15) is 0 Å². The summed E-state index contributed by atoms with van der Waals surface area (Å²) in [5, 5.41) is 3.06. The first-order chi connectivity index (χ1) is 8.90. The van der Waals surface area contributed by atoms with Crippen LogP contribution in [0.4, 0.5) is 0 Å². The molecule has 18 heavy (non-hydrogen) atoms. The van der Waals surface area contributed by atoms with E-state index in [1.807, 2.05) is 24.3 Å². The van der Waals surface area contributed by atoms with Crippen LogP contribution in [-0.2, 0) is 0 Å². The largest absolute Gasteiger partial charge is 0.237 e. The van der Waals surface area contributed by atoms with Gasteiger partial charge >= 0.3 is 0 Å². The smallest absolute Gasteiger partial charge is 0.164 e. The third-order valence-electron chi connectivity index (χ3n) is 2.94. The minimum absolute atomic E-state index is 0.687. The van der Waals surface area contributed by atoms with E-state index in [-0.39, 0.29) is 0 Å². The third kappa shape index (κ3) is 1.32. The van der Waals surface area contributed by atoms with Gasteiger partial charge in [-0.05, 0) is 36.4 Å². The normalized spacial score (nSPS) is 11.3. The Balaban J connectivity index is 2.20. The molecule has 0 atom stereocenters. The van der Waals surface area contributed by atoms with Gasteiger partial charge in [-0.25, -0.2) is 19.9 Å². The van der Waals surface area contributed by atoms with Crippen LogP contribution in [0, 0.1) is 0 Å². The van der Waals surface area contributed by atoms with Gasteiger partial charge in [-0.15, -0.1) is 0 Å². The zero-order chi connectivity index (χ0) is 11.9. The van der Waals surface area contributed by atoms with Crippen LogP contribution in [-0.4, -0.2) is 19.9 Å². The van der Waals surface area contributed by atoms with Crippen molar-refractivity contribution in [3.05, 3.63) is 48.8 Å². The van der Waals surface area contributed by atoms with Gasteiger partial charge in [0, 0.05) is 28.6 Å². The lowest BCUT2D eigenvalue weighted by molar-refractivity contribution is 1.26. The van der Waals surface area contributed by atoms with Crippen LogP contribution in [0.3, 0.4) is 0 Å². The fourth-order valence-electron chi connectivity index (χ4n) is 2.09. The summed E-state index contributed by atoms with van der Waals surface area (Å²) in [6.45, 7) is 0. The lowest BCUT2D eigenvalue weighted by Crippen LogP contribution is -1.90. The van der Waals surface area contributed by atoms with Crippen molar-refractivity contribution < 1.29 is 0 Å². The zero-order valence-electron chi connectivity index (χ0n) is 9.41. The summed E-state index contributed by atoms with van der Waals surface area (Å²) in [4.78, 5) is 17.4. The number of hydrogen-bond acceptors (Lipinski definition) is 4. The van der Waals surface area contributed by atoms with Crippen molar-refractivity contribution in [1.82, 2.24) is 19.9 Å². The van der Waals surface area contributed by atoms with Crippen molar-refractivity contribution in [2.45, 2.75) is 0 Å². The molecule has 0 fully saturated rings. The van der Waals surface area contributed by atoms with Gasteiger partial charge in [0.15, 0.2) is 16.9 Å². The third-order valence-corrected chi connectivity index (χ3v) is 2.94. The summed E-state index contributed by atoms with van der Waals surface area (Å²) in [6, 6.07) is 11.9. The number of nitrogens with zero attached hydrogens (tertiary/aromatic N) is 4. The molecule has 4 aromatic rings. The van der Waals surface area contributed by atoms with E-state index >= 15 is 0 Å². The maximum atomic E-state index is 4.47. The van der Waals surface area contributed by atoms with Crippen LogP contribution in [0.25, 0.3) is 33.1 Å². The molecule has 0 radical (unpaired) electrons. The van der Waals surface area contributed by atoms with Crippen molar-refractivity contribution >= 4 is 33.1 Å². The van der Waals surface area contributed by atoms with E-state index < -0.39 is 0 Å². The average molecular weight is 232 g/mol. The topological polar surface area (TPSA) is 51.6 Å². The predicted octanol–water partition coefficient (Wildman–Crippen LogP) is 2.73. The van der Waals surface area contributed by atoms with Gasteiger partial charge in [-0.3, -0.25) is 0 Å². The molecule has 0 aliphatic rings. The molecule has 0 bridgehead atoms. The Hall–Kier alpha value is -2.62. The minimum Gasteiger partial charge on any atom is -0.237 e. The highest BCUT2D eigenvalue weighted by molar-refractivity contribution is 5.94. The van der Waals surface area contributed by atoms with Gasteiger partial charge in [0.2, 0.25) is 0 Å². The molecule has 4 aromatic heterocycles. The lowest BCUT2D eigenvalue weighted by atomic mass is 10.2. The van der Waals surface area contributed by atoms with Gasteiger partial charge in [0.25, 0.3) is 0 Å². The molecule has 84 valence electrons. The second kappa shape index (κ2) is 3.43. The Bertz CT molecular complexity index is 742. The molecule has 0 N–H and O–H groups in total. The lowest BCUT2D eigenvalue weighted by Gasteiger charge is -2.01. The summed E-state index contributed by atoms with van der Waals surface area (Å²) in [5.74, 6) is 0. The molecule has 4 nitrogen and oxygen atoms in total. The van der Waals surface area contributed by atoms with Gasteiger partial charge < -0.3 is 0 Å². The molecule has 4 heteroatoms. The van der Waals surface area contributed by atoms with Crippen LogP contribution in [0.15, 0.2) is 48.8 Å². The standard InChI is InChI=1S/C14H8N4/c1-3-9-7-11-8-10-4-2-6-16-13(10)18-14(11)17-12(9)15-5-1/h1-8H. The molecule has 0 aromatic carbocycles. The number of hydrogen-bond donors (Lipinski definition) is 0. The Morgan fingerprint density at radius 3 is 1.72 bits per heavy atom. The fraction of sp³-hybridized carbons (Fsp3) is 0. The van der Waals surface area contributed by atoms with Gasteiger partial charge in [-0.1, -0.05) is 0 Å². The zero-order valence-corrected chi connectivity index (χ0v) is 9.41. The maximum absolute atomic E-state index is 4.47. The van der Waals surface area contributed by atoms with Crippen LogP contribution < -0.4 is 0 Å². The first-order valence-electron chi connectivity index (χ1n) is 5.67. The average Bonchev–Trinajstić information content (AvgIpc) is 2.42. The molecular formula is C14H8N4. The monoisotopic (exact) mass is 232 g/mol. The van der Waals surface area contributed by atoms with Crippen LogP contribution in [0.2, 0.25) is 0 Å². The quantitative estimate of drug-likeness (QED) is 0.437. The van der Waals surface area contributed by atoms with Crippen molar-refractivity contribution in [1.29, 1.82) is 0 Å². The molecule has 4 heterocycles. The second-order valence-electron chi connectivity index (χ2n) is 4.12. The number of pyridine rings is 4. The molecule has 0 spiro atoms. The number of fused-ring (bicyclic) bond motifs is 3. The van der Waals surface area contributed by atoms with E-state index in [1.54, 1.807) is 12.4 Å². The maximum Gasteiger partial charge on any atom is 0.164 e. The second-order valence-corrected chi connectivity index (χ2v) is 4.12. The first kappa shape index (κ1) is 9.41. The highest BCUT2D eigenvalue weighted by Gasteiger charge is 2.04. The highest BCUT2D eigenvalue weighted by atomic mass is 14.9. The highest BCUT2D eigenvalue weighted by Crippen LogP contribution is 2.20. The van der Waals surface area contributed by atoms with E-state index in [2.05, 4.69) is 32.1 Å². The van der Waals surface area contributed by atoms with Crippen LogP contribution >= 0.6 is 0 Å². The SMILES string of the molecule is c1cnc2nc3nc4ncccc4cc3cc2c1. The van der Waals surface area contributed by atoms with Crippen molar-refractivity contribution in [3.63, 3.8) is 0 Å². The van der Waals surface area contributed by atoms with E-state index in [4.69, 9.17) is 0 Å². The summed E-state index contributed by atoms with van der Waals surface area (Å²) in [6.07, 6.45) is 3.47. The van der Waals surface area contributed by atoms with Gasteiger partial charge in [0.05, 0.1) is 0 Å². The molecule has 0 aliphatic heterocycles. The molecule has 0 saturated carbocycles.